The van der Waals surface area contributed by atoms with Crippen LogP contribution in [0.2, 0.25) is 5.02 Å². The maximum Gasteiger partial charge on any atom is 0.308 e. The van der Waals surface area contributed by atoms with Crippen molar-refractivity contribution in [3.8, 4) is 0 Å². The first-order chi connectivity index (χ1) is 9.25. The van der Waals surface area contributed by atoms with Crippen LogP contribution in [0, 0.1) is 16.0 Å². The number of hydrogen-bond acceptors (Lipinski definition) is 4. The molecule has 0 aromatic heterocycles. The lowest BCUT2D eigenvalue weighted by atomic mass is 10.0. The van der Waals surface area contributed by atoms with E-state index in [1.54, 1.807) is 0 Å². The summed E-state index contributed by atoms with van der Waals surface area (Å²) in [5, 5.41) is 22.1. The van der Waals surface area contributed by atoms with E-state index < -0.39 is 34.4 Å². The highest BCUT2D eigenvalue weighted by Crippen LogP contribution is 2.26. The van der Waals surface area contributed by atoms with Crippen molar-refractivity contribution >= 4 is 29.2 Å². The Bertz CT molecular complexity index is 561. The predicted octanol–water partition coefficient (Wildman–Crippen LogP) is 2.09. The number of benzene rings is 1. The van der Waals surface area contributed by atoms with Crippen LogP contribution < -0.4 is 5.32 Å². The third-order valence-corrected chi connectivity index (χ3v) is 3.23. The van der Waals surface area contributed by atoms with E-state index in [0.29, 0.717) is 0 Å². The van der Waals surface area contributed by atoms with Gasteiger partial charge in [0.15, 0.2) is 0 Å². The Kier molecular flexibility index (Phi) is 5.04. The molecule has 2 unspecified atom stereocenters. The van der Waals surface area contributed by atoms with Gasteiger partial charge in [-0.25, -0.2) is 0 Å². The third kappa shape index (κ3) is 3.45. The average Bonchev–Trinajstić information content (AvgIpc) is 2.36. The summed E-state index contributed by atoms with van der Waals surface area (Å²) in [5.41, 5.74) is -0.700. The number of hydrogen-bond donors (Lipinski definition) is 2. The number of carbonyl (C=O) groups excluding carboxylic acids is 1. The van der Waals surface area contributed by atoms with Crippen molar-refractivity contribution in [1.82, 2.24) is 5.32 Å². The van der Waals surface area contributed by atoms with Gasteiger partial charge in [0.05, 0.1) is 15.9 Å². The predicted molar refractivity (Wildman–Crippen MR) is 71.8 cm³/mol. The van der Waals surface area contributed by atoms with Gasteiger partial charge in [-0.3, -0.25) is 19.7 Å². The molecule has 0 saturated carbocycles. The third-order valence-electron chi connectivity index (χ3n) is 2.91. The number of nitro groups is 1. The Morgan fingerprint density at radius 1 is 1.40 bits per heavy atom. The molecule has 0 aliphatic carbocycles. The molecule has 0 bridgehead atoms. The van der Waals surface area contributed by atoms with Crippen LogP contribution in [0.4, 0.5) is 5.69 Å². The molecule has 0 saturated heterocycles. The molecule has 1 amide bonds. The minimum absolute atomic E-state index is 0.0631. The normalized spacial score (nSPS) is 13.3. The Morgan fingerprint density at radius 3 is 2.50 bits per heavy atom. The fourth-order valence-electron chi connectivity index (χ4n) is 1.51. The maximum atomic E-state index is 12.0. The van der Waals surface area contributed by atoms with Crippen LogP contribution >= 0.6 is 11.6 Å². The second-order valence-electron chi connectivity index (χ2n) is 4.28. The van der Waals surface area contributed by atoms with Gasteiger partial charge in [-0.05, 0) is 19.9 Å². The van der Waals surface area contributed by atoms with Crippen LogP contribution in [0.3, 0.4) is 0 Å². The van der Waals surface area contributed by atoms with Gasteiger partial charge >= 0.3 is 5.97 Å². The van der Waals surface area contributed by atoms with Gasteiger partial charge in [-0.15, -0.1) is 0 Å². The van der Waals surface area contributed by atoms with Crippen LogP contribution in [-0.4, -0.2) is 27.9 Å². The second kappa shape index (κ2) is 6.33. The number of nitrogens with one attached hydrogen (secondary N) is 1. The minimum Gasteiger partial charge on any atom is -0.481 e. The fourth-order valence-corrected chi connectivity index (χ4v) is 1.76. The van der Waals surface area contributed by atoms with Crippen molar-refractivity contribution in [2.75, 3.05) is 0 Å². The van der Waals surface area contributed by atoms with E-state index in [-0.39, 0.29) is 10.6 Å². The van der Waals surface area contributed by atoms with E-state index in [0.717, 1.165) is 6.07 Å². The molecule has 1 aromatic rings. The highest BCUT2D eigenvalue weighted by Gasteiger charge is 2.27. The highest BCUT2D eigenvalue weighted by molar-refractivity contribution is 6.34. The van der Waals surface area contributed by atoms with Crippen LogP contribution in [0.25, 0.3) is 0 Å². The Balaban J connectivity index is 3.04. The minimum atomic E-state index is -1.08. The molecule has 0 radical (unpaired) electrons. The zero-order valence-electron chi connectivity index (χ0n) is 10.8. The van der Waals surface area contributed by atoms with E-state index in [1.807, 2.05) is 0 Å². The number of carboxylic acid groups (broad SMARTS) is 1. The lowest BCUT2D eigenvalue weighted by Crippen LogP contribution is -2.40. The van der Waals surface area contributed by atoms with E-state index in [2.05, 4.69) is 5.32 Å². The summed E-state index contributed by atoms with van der Waals surface area (Å²) in [6, 6.07) is 3.18. The van der Waals surface area contributed by atoms with Crippen molar-refractivity contribution in [1.29, 1.82) is 0 Å². The van der Waals surface area contributed by atoms with Crippen molar-refractivity contribution < 1.29 is 19.6 Å². The van der Waals surface area contributed by atoms with E-state index >= 15 is 0 Å². The molecule has 0 aliphatic rings. The Morgan fingerprint density at radius 2 is 2.00 bits per heavy atom. The molecule has 0 spiro atoms. The summed E-state index contributed by atoms with van der Waals surface area (Å²) < 4.78 is 0. The number of halogens is 1. The van der Waals surface area contributed by atoms with Crippen molar-refractivity contribution in [2.24, 2.45) is 5.92 Å². The summed E-state index contributed by atoms with van der Waals surface area (Å²) in [4.78, 5) is 33.0. The average molecular weight is 301 g/mol. The lowest BCUT2D eigenvalue weighted by Gasteiger charge is -2.18. The van der Waals surface area contributed by atoms with Crippen LogP contribution in [0.15, 0.2) is 18.2 Å². The second-order valence-corrected chi connectivity index (χ2v) is 4.69. The SMILES string of the molecule is CC(NC(=O)c1c(Cl)cccc1[N+](=O)[O-])C(C)C(=O)O. The molecular formula is C12H13ClN2O5. The number of carbonyl (C=O) groups is 2. The molecular weight excluding hydrogens is 288 g/mol. The van der Waals surface area contributed by atoms with Gasteiger partial charge in [-0.2, -0.15) is 0 Å². The largest absolute Gasteiger partial charge is 0.481 e. The summed E-state index contributed by atoms with van der Waals surface area (Å²) in [6.45, 7) is 2.92. The first kappa shape index (κ1) is 15.9. The van der Waals surface area contributed by atoms with Crippen molar-refractivity contribution in [3.05, 3.63) is 38.9 Å². The molecule has 0 aliphatic heterocycles. The topological polar surface area (TPSA) is 110 Å². The summed E-state index contributed by atoms with van der Waals surface area (Å²) >= 11 is 5.81. The van der Waals surface area contributed by atoms with Gasteiger partial charge in [0.25, 0.3) is 11.6 Å². The van der Waals surface area contributed by atoms with Gasteiger partial charge in [-0.1, -0.05) is 17.7 Å². The number of nitrogens with zero attached hydrogens (tertiary/aromatic N) is 1. The summed E-state index contributed by atoms with van der Waals surface area (Å²) in [5.74, 6) is -2.69. The molecule has 1 aromatic carbocycles. The zero-order valence-corrected chi connectivity index (χ0v) is 11.5. The molecule has 20 heavy (non-hydrogen) atoms. The van der Waals surface area contributed by atoms with Crippen molar-refractivity contribution in [2.45, 2.75) is 19.9 Å². The molecule has 108 valence electrons. The van der Waals surface area contributed by atoms with E-state index in [4.69, 9.17) is 16.7 Å². The summed E-state index contributed by atoms with van der Waals surface area (Å²) in [7, 11) is 0. The standard InChI is InChI=1S/C12H13ClN2O5/c1-6(12(17)18)7(2)14-11(16)10-8(13)4-3-5-9(10)15(19)20/h3-7H,1-2H3,(H,14,16)(H,17,18). The Labute approximate surface area is 119 Å². The van der Waals surface area contributed by atoms with Crippen molar-refractivity contribution in [3.63, 3.8) is 0 Å². The maximum absolute atomic E-state index is 12.0. The number of amides is 1. The molecule has 2 N–H and O–H groups in total. The molecule has 1 rings (SSSR count). The zero-order chi connectivity index (χ0) is 15.4. The fraction of sp³-hybridized carbons (Fsp3) is 0.333. The highest BCUT2D eigenvalue weighted by atomic mass is 35.5. The first-order valence-corrected chi connectivity index (χ1v) is 6.10. The molecule has 0 fully saturated rings. The van der Waals surface area contributed by atoms with Gasteiger partial charge in [0, 0.05) is 12.1 Å². The number of nitro benzene ring substituents is 1. The molecule has 0 heterocycles. The van der Waals surface area contributed by atoms with Crippen LogP contribution in [-0.2, 0) is 4.79 Å². The number of aliphatic carboxylic acids is 1. The quantitative estimate of drug-likeness (QED) is 0.639. The van der Waals surface area contributed by atoms with Gasteiger partial charge in [0.1, 0.15) is 5.56 Å². The lowest BCUT2D eigenvalue weighted by molar-refractivity contribution is -0.385. The molecule has 2 atom stereocenters. The van der Waals surface area contributed by atoms with E-state index in [1.165, 1.54) is 26.0 Å². The van der Waals surface area contributed by atoms with Gasteiger partial charge < -0.3 is 10.4 Å². The summed E-state index contributed by atoms with van der Waals surface area (Å²) in [6.07, 6.45) is 0. The monoisotopic (exact) mass is 300 g/mol. The number of carboxylic acids is 1. The van der Waals surface area contributed by atoms with E-state index in [9.17, 15) is 19.7 Å². The Hall–Kier alpha value is -2.15. The smallest absolute Gasteiger partial charge is 0.308 e. The molecule has 7 nitrogen and oxygen atoms in total. The van der Waals surface area contributed by atoms with Crippen LogP contribution in [0.5, 0.6) is 0 Å². The molecule has 8 heteroatoms. The van der Waals surface area contributed by atoms with Gasteiger partial charge in [0.2, 0.25) is 0 Å². The number of rotatable bonds is 5. The first-order valence-electron chi connectivity index (χ1n) is 5.72. The van der Waals surface area contributed by atoms with Crippen LogP contribution in [0.1, 0.15) is 24.2 Å².